The van der Waals surface area contributed by atoms with E-state index in [1.54, 1.807) is 0 Å². The van der Waals surface area contributed by atoms with Gasteiger partial charge in [-0.05, 0) is 42.2 Å². The minimum atomic E-state index is -0.182. The molecule has 1 amide bonds. The molecule has 136 valence electrons. The summed E-state index contributed by atoms with van der Waals surface area (Å²) in [6, 6.07) is 26.2. The Morgan fingerprint density at radius 2 is 1.48 bits per heavy atom. The first-order valence-corrected chi connectivity index (χ1v) is 8.92. The van der Waals surface area contributed by atoms with Gasteiger partial charge in [0.05, 0.1) is 12.3 Å². The maximum atomic E-state index is 12.0. The summed E-state index contributed by atoms with van der Waals surface area (Å²) < 4.78 is 0. The van der Waals surface area contributed by atoms with Crippen molar-refractivity contribution in [3.63, 3.8) is 0 Å². The predicted molar refractivity (Wildman–Crippen MR) is 112 cm³/mol. The first-order valence-electron chi connectivity index (χ1n) is 8.92. The van der Waals surface area contributed by atoms with Gasteiger partial charge in [0, 0.05) is 5.69 Å². The van der Waals surface area contributed by atoms with Crippen LogP contribution in [-0.2, 0) is 4.79 Å². The topological polar surface area (TPSA) is 53.5 Å². The lowest BCUT2D eigenvalue weighted by atomic mass is 10.0. The highest BCUT2D eigenvalue weighted by atomic mass is 16.2. The molecule has 27 heavy (non-hydrogen) atoms. The second-order valence-electron chi connectivity index (χ2n) is 6.34. The first kappa shape index (κ1) is 18.4. The number of nitrogens with zero attached hydrogens (tertiary/aromatic N) is 1. The number of rotatable bonds is 6. The third-order valence-electron chi connectivity index (χ3n) is 4.34. The van der Waals surface area contributed by atoms with Gasteiger partial charge in [0.1, 0.15) is 0 Å². The number of hydrazone groups is 1. The van der Waals surface area contributed by atoms with E-state index in [1.807, 2.05) is 68.4 Å². The fourth-order valence-corrected chi connectivity index (χ4v) is 2.73. The summed E-state index contributed by atoms with van der Waals surface area (Å²) in [4.78, 5) is 12.0. The lowest BCUT2D eigenvalue weighted by molar-refractivity contribution is -0.119. The Bertz CT molecular complexity index is 931. The molecule has 0 saturated heterocycles. The number of amides is 1. The molecule has 3 rings (SSSR count). The SMILES string of the molecule is CC(=NNC(=O)CNc1ccccc1C)c1ccc(-c2ccccc2)cc1. The van der Waals surface area contributed by atoms with Gasteiger partial charge in [-0.1, -0.05) is 72.8 Å². The van der Waals surface area contributed by atoms with E-state index in [9.17, 15) is 4.79 Å². The van der Waals surface area contributed by atoms with Crippen molar-refractivity contribution in [1.29, 1.82) is 0 Å². The summed E-state index contributed by atoms with van der Waals surface area (Å²) in [5.74, 6) is -0.182. The number of carbonyl (C=O) groups excluding carboxylic acids is 1. The van der Waals surface area contributed by atoms with Crippen molar-refractivity contribution in [2.75, 3.05) is 11.9 Å². The number of nitrogens with one attached hydrogen (secondary N) is 2. The molecule has 3 aromatic rings. The van der Waals surface area contributed by atoms with Crippen LogP contribution in [0.2, 0.25) is 0 Å². The Labute approximate surface area is 159 Å². The fraction of sp³-hybridized carbons (Fsp3) is 0.130. The van der Waals surface area contributed by atoms with Crippen LogP contribution in [0, 0.1) is 6.92 Å². The fourth-order valence-electron chi connectivity index (χ4n) is 2.73. The number of hydrogen-bond donors (Lipinski definition) is 2. The van der Waals surface area contributed by atoms with Crippen LogP contribution >= 0.6 is 0 Å². The smallest absolute Gasteiger partial charge is 0.259 e. The zero-order chi connectivity index (χ0) is 19.1. The summed E-state index contributed by atoms with van der Waals surface area (Å²) in [6.45, 7) is 4.06. The molecule has 0 aliphatic rings. The molecule has 0 radical (unpaired) electrons. The second-order valence-corrected chi connectivity index (χ2v) is 6.34. The van der Waals surface area contributed by atoms with E-state index in [0.29, 0.717) is 0 Å². The third kappa shape index (κ3) is 5.05. The number of hydrogen-bond acceptors (Lipinski definition) is 3. The van der Waals surface area contributed by atoms with Crippen molar-refractivity contribution in [1.82, 2.24) is 5.43 Å². The van der Waals surface area contributed by atoms with Gasteiger partial charge in [-0.15, -0.1) is 0 Å². The number of para-hydroxylation sites is 1. The van der Waals surface area contributed by atoms with Gasteiger partial charge in [0.25, 0.3) is 5.91 Å². The Balaban J connectivity index is 1.57. The zero-order valence-electron chi connectivity index (χ0n) is 15.6. The van der Waals surface area contributed by atoms with E-state index in [4.69, 9.17) is 0 Å². The van der Waals surface area contributed by atoms with Gasteiger partial charge in [-0.2, -0.15) is 5.10 Å². The van der Waals surface area contributed by atoms with Crippen molar-refractivity contribution >= 4 is 17.3 Å². The van der Waals surface area contributed by atoms with Crippen LogP contribution < -0.4 is 10.7 Å². The minimum Gasteiger partial charge on any atom is -0.376 e. The molecule has 0 aliphatic heterocycles. The molecule has 0 aromatic heterocycles. The molecule has 4 heteroatoms. The molecule has 0 bridgehead atoms. The van der Waals surface area contributed by atoms with Gasteiger partial charge in [-0.3, -0.25) is 4.79 Å². The van der Waals surface area contributed by atoms with Crippen molar-refractivity contribution < 1.29 is 4.79 Å². The standard InChI is InChI=1S/C23H23N3O/c1-17-8-6-7-11-22(17)24-16-23(27)26-25-18(2)19-12-14-21(15-13-19)20-9-4-3-5-10-20/h3-15,24H,16H2,1-2H3,(H,26,27). The van der Waals surface area contributed by atoms with E-state index >= 15 is 0 Å². The number of carbonyl (C=O) groups is 1. The predicted octanol–water partition coefficient (Wildman–Crippen LogP) is 4.61. The van der Waals surface area contributed by atoms with Gasteiger partial charge < -0.3 is 5.32 Å². The lowest BCUT2D eigenvalue weighted by Gasteiger charge is -2.08. The summed E-state index contributed by atoms with van der Waals surface area (Å²) in [7, 11) is 0. The van der Waals surface area contributed by atoms with Gasteiger partial charge >= 0.3 is 0 Å². The Morgan fingerprint density at radius 1 is 0.852 bits per heavy atom. The molecule has 0 unspecified atom stereocenters. The van der Waals surface area contributed by atoms with Crippen LogP contribution in [0.15, 0.2) is 84.0 Å². The maximum absolute atomic E-state index is 12.0. The molecule has 0 saturated carbocycles. The average molecular weight is 357 g/mol. The molecule has 2 N–H and O–H groups in total. The van der Waals surface area contributed by atoms with Crippen molar-refractivity contribution in [2.45, 2.75) is 13.8 Å². The molecule has 0 spiro atoms. The molecule has 0 heterocycles. The summed E-state index contributed by atoms with van der Waals surface area (Å²) in [5, 5.41) is 7.33. The van der Waals surface area contributed by atoms with Crippen LogP contribution in [0.4, 0.5) is 5.69 Å². The highest BCUT2D eigenvalue weighted by Gasteiger charge is 2.04. The van der Waals surface area contributed by atoms with Crippen LogP contribution in [0.5, 0.6) is 0 Å². The monoisotopic (exact) mass is 357 g/mol. The Morgan fingerprint density at radius 3 is 2.19 bits per heavy atom. The van der Waals surface area contributed by atoms with Crippen LogP contribution in [0.3, 0.4) is 0 Å². The van der Waals surface area contributed by atoms with E-state index in [0.717, 1.165) is 28.1 Å². The first-order chi connectivity index (χ1) is 13.1. The van der Waals surface area contributed by atoms with Crippen LogP contribution in [0.25, 0.3) is 11.1 Å². The van der Waals surface area contributed by atoms with Crippen molar-refractivity contribution in [2.24, 2.45) is 5.10 Å². The summed E-state index contributed by atoms with van der Waals surface area (Å²) >= 11 is 0. The molecular weight excluding hydrogens is 334 g/mol. The quantitative estimate of drug-likeness (QED) is 0.500. The molecular formula is C23H23N3O. The van der Waals surface area contributed by atoms with E-state index in [2.05, 4.69) is 40.1 Å². The average Bonchev–Trinajstić information content (AvgIpc) is 2.72. The molecule has 3 aromatic carbocycles. The number of anilines is 1. The number of benzene rings is 3. The molecule has 4 nitrogen and oxygen atoms in total. The normalized spacial score (nSPS) is 11.1. The lowest BCUT2D eigenvalue weighted by Crippen LogP contribution is -2.27. The highest BCUT2D eigenvalue weighted by Crippen LogP contribution is 2.19. The van der Waals surface area contributed by atoms with Crippen molar-refractivity contribution in [3.8, 4) is 11.1 Å². The largest absolute Gasteiger partial charge is 0.376 e. The summed E-state index contributed by atoms with van der Waals surface area (Å²) in [5.41, 5.74) is 8.72. The zero-order valence-corrected chi connectivity index (χ0v) is 15.6. The third-order valence-corrected chi connectivity index (χ3v) is 4.34. The highest BCUT2D eigenvalue weighted by molar-refractivity contribution is 5.99. The van der Waals surface area contributed by atoms with E-state index in [-0.39, 0.29) is 12.5 Å². The minimum absolute atomic E-state index is 0.175. The van der Waals surface area contributed by atoms with Crippen LogP contribution in [-0.4, -0.2) is 18.2 Å². The number of aryl methyl sites for hydroxylation is 1. The van der Waals surface area contributed by atoms with Gasteiger partial charge in [0.15, 0.2) is 0 Å². The Hall–Kier alpha value is -3.40. The van der Waals surface area contributed by atoms with Crippen molar-refractivity contribution in [3.05, 3.63) is 90.0 Å². The van der Waals surface area contributed by atoms with Crippen LogP contribution in [0.1, 0.15) is 18.1 Å². The van der Waals surface area contributed by atoms with Gasteiger partial charge in [0.2, 0.25) is 0 Å². The molecule has 0 fully saturated rings. The van der Waals surface area contributed by atoms with E-state index in [1.165, 1.54) is 5.56 Å². The second kappa shape index (κ2) is 8.81. The molecule has 0 atom stereocenters. The maximum Gasteiger partial charge on any atom is 0.259 e. The Kier molecular flexibility index (Phi) is 6.00. The van der Waals surface area contributed by atoms with Gasteiger partial charge in [-0.25, -0.2) is 5.43 Å². The summed E-state index contributed by atoms with van der Waals surface area (Å²) in [6.07, 6.45) is 0. The molecule has 0 aliphatic carbocycles. The van der Waals surface area contributed by atoms with E-state index < -0.39 is 0 Å².